The summed E-state index contributed by atoms with van der Waals surface area (Å²) in [7, 11) is 2.02. The molecule has 2 aliphatic rings. The van der Waals surface area contributed by atoms with Gasteiger partial charge in [0.2, 0.25) is 5.91 Å². The molecule has 3 rings (SSSR count). The van der Waals surface area contributed by atoms with Crippen molar-refractivity contribution in [1.29, 1.82) is 0 Å². The summed E-state index contributed by atoms with van der Waals surface area (Å²) >= 11 is 0. The highest BCUT2D eigenvalue weighted by molar-refractivity contribution is 5.85. The molecule has 3 heterocycles. The van der Waals surface area contributed by atoms with E-state index in [1.165, 1.54) is 0 Å². The van der Waals surface area contributed by atoms with Crippen LogP contribution in [0.15, 0.2) is 25.0 Å². The van der Waals surface area contributed by atoms with E-state index in [1.807, 2.05) is 30.4 Å². The van der Waals surface area contributed by atoms with Crippen molar-refractivity contribution in [2.24, 2.45) is 12.5 Å². The fraction of sp³-hybridized carbons (Fsp3) is 0.625. The van der Waals surface area contributed by atoms with Crippen LogP contribution in [0, 0.1) is 5.41 Å². The summed E-state index contributed by atoms with van der Waals surface area (Å²) in [4.78, 5) is 21.5. The molecular formula is C16H24N4O. The highest BCUT2D eigenvalue weighted by Crippen LogP contribution is 2.40. The summed E-state index contributed by atoms with van der Waals surface area (Å²) in [6.45, 7) is 8.07. The monoisotopic (exact) mass is 288 g/mol. The molecule has 0 unspecified atom stereocenters. The average molecular weight is 288 g/mol. The number of aromatic nitrogens is 2. The van der Waals surface area contributed by atoms with Gasteiger partial charge in [-0.25, -0.2) is 4.98 Å². The Morgan fingerprint density at radius 3 is 3.00 bits per heavy atom. The molecule has 5 heteroatoms. The number of piperidine rings is 1. The van der Waals surface area contributed by atoms with E-state index in [0.29, 0.717) is 12.5 Å². The van der Waals surface area contributed by atoms with Crippen LogP contribution in [0.5, 0.6) is 0 Å². The lowest BCUT2D eigenvalue weighted by Gasteiger charge is -2.38. The molecule has 114 valence electrons. The second-order valence-corrected chi connectivity index (χ2v) is 6.34. The van der Waals surface area contributed by atoms with Crippen LogP contribution in [0.4, 0.5) is 0 Å². The molecule has 0 bridgehead atoms. The van der Waals surface area contributed by atoms with E-state index >= 15 is 0 Å². The van der Waals surface area contributed by atoms with Crippen molar-refractivity contribution in [2.45, 2.75) is 25.8 Å². The zero-order chi connectivity index (χ0) is 14.9. The molecule has 0 aromatic carbocycles. The van der Waals surface area contributed by atoms with Gasteiger partial charge < -0.3 is 9.47 Å². The molecule has 0 radical (unpaired) electrons. The van der Waals surface area contributed by atoms with Crippen LogP contribution in [0.25, 0.3) is 0 Å². The molecule has 5 nitrogen and oxygen atoms in total. The molecule has 1 amide bonds. The molecule has 1 aromatic heterocycles. The predicted molar refractivity (Wildman–Crippen MR) is 81.5 cm³/mol. The standard InChI is InChI=1S/C16H24N4O/c1-3-8-20-10-6-16(15(20)21)5-4-9-19(13-16)12-14-17-7-11-18(14)2/h3,7,11H,1,4-6,8-10,12-13H2,2H3/t16-/m1/s1. The smallest absolute Gasteiger partial charge is 0.230 e. The minimum Gasteiger partial charge on any atom is -0.338 e. The lowest BCUT2D eigenvalue weighted by molar-refractivity contribution is -0.138. The summed E-state index contributed by atoms with van der Waals surface area (Å²) in [6, 6.07) is 0. The number of carbonyl (C=O) groups is 1. The van der Waals surface area contributed by atoms with Gasteiger partial charge in [0, 0.05) is 39.1 Å². The van der Waals surface area contributed by atoms with Gasteiger partial charge in [0.15, 0.2) is 0 Å². The maximum atomic E-state index is 12.7. The molecule has 0 N–H and O–H groups in total. The first-order chi connectivity index (χ1) is 10.1. The Labute approximate surface area is 126 Å². The van der Waals surface area contributed by atoms with E-state index in [-0.39, 0.29) is 5.41 Å². The molecular weight excluding hydrogens is 264 g/mol. The minimum absolute atomic E-state index is 0.160. The minimum atomic E-state index is -0.160. The molecule has 1 atom stereocenters. The fourth-order valence-corrected chi connectivity index (χ4v) is 3.71. The van der Waals surface area contributed by atoms with E-state index < -0.39 is 0 Å². The van der Waals surface area contributed by atoms with E-state index in [1.54, 1.807) is 0 Å². The quantitative estimate of drug-likeness (QED) is 0.787. The van der Waals surface area contributed by atoms with Crippen molar-refractivity contribution in [2.75, 3.05) is 26.2 Å². The van der Waals surface area contributed by atoms with Crippen LogP contribution in [-0.2, 0) is 18.4 Å². The van der Waals surface area contributed by atoms with Gasteiger partial charge in [0.05, 0.1) is 12.0 Å². The summed E-state index contributed by atoms with van der Waals surface area (Å²) in [5.41, 5.74) is -0.160. The first-order valence-electron chi connectivity index (χ1n) is 7.73. The third kappa shape index (κ3) is 2.62. The van der Waals surface area contributed by atoms with Crippen molar-refractivity contribution in [3.63, 3.8) is 0 Å². The van der Waals surface area contributed by atoms with Gasteiger partial charge in [-0.2, -0.15) is 0 Å². The molecule has 2 fully saturated rings. The first-order valence-corrected chi connectivity index (χ1v) is 7.73. The van der Waals surface area contributed by atoms with Crippen molar-refractivity contribution < 1.29 is 4.79 Å². The van der Waals surface area contributed by atoms with E-state index in [0.717, 1.165) is 51.3 Å². The average Bonchev–Trinajstić information content (AvgIpc) is 2.99. The van der Waals surface area contributed by atoms with Crippen LogP contribution in [0.2, 0.25) is 0 Å². The van der Waals surface area contributed by atoms with Crippen LogP contribution in [0.3, 0.4) is 0 Å². The van der Waals surface area contributed by atoms with Crippen LogP contribution in [0.1, 0.15) is 25.1 Å². The second-order valence-electron chi connectivity index (χ2n) is 6.34. The van der Waals surface area contributed by atoms with Crippen LogP contribution < -0.4 is 0 Å². The van der Waals surface area contributed by atoms with Crippen molar-refractivity contribution in [3.05, 3.63) is 30.9 Å². The summed E-state index contributed by atoms with van der Waals surface area (Å²) in [5, 5.41) is 0. The molecule has 0 aliphatic carbocycles. The van der Waals surface area contributed by atoms with Crippen LogP contribution in [-0.4, -0.2) is 51.4 Å². The number of amides is 1. The maximum absolute atomic E-state index is 12.7. The third-order valence-electron chi connectivity index (χ3n) is 4.89. The molecule has 2 saturated heterocycles. The Hall–Kier alpha value is -1.62. The Morgan fingerprint density at radius 1 is 1.43 bits per heavy atom. The number of likely N-dealkylation sites (tertiary alicyclic amines) is 2. The number of nitrogens with zero attached hydrogens (tertiary/aromatic N) is 4. The number of aryl methyl sites for hydroxylation is 1. The lowest BCUT2D eigenvalue weighted by Crippen LogP contribution is -2.47. The summed E-state index contributed by atoms with van der Waals surface area (Å²) in [6.07, 6.45) is 8.74. The van der Waals surface area contributed by atoms with Gasteiger partial charge in [-0.1, -0.05) is 6.08 Å². The van der Waals surface area contributed by atoms with Crippen molar-refractivity contribution in [3.8, 4) is 0 Å². The topological polar surface area (TPSA) is 41.4 Å². The normalized spacial score (nSPS) is 26.7. The van der Waals surface area contributed by atoms with Gasteiger partial charge in [0.25, 0.3) is 0 Å². The van der Waals surface area contributed by atoms with Gasteiger partial charge in [-0.3, -0.25) is 9.69 Å². The van der Waals surface area contributed by atoms with Gasteiger partial charge in [0.1, 0.15) is 5.82 Å². The second kappa shape index (κ2) is 5.64. The van der Waals surface area contributed by atoms with Gasteiger partial charge >= 0.3 is 0 Å². The fourth-order valence-electron chi connectivity index (χ4n) is 3.71. The van der Waals surface area contributed by atoms with Crippen molar-refractivity contribution in [1.82, 2.24) is 19.4 Å². The molecule has 2 aliphatic heterocycles. The Kier molecular flexibility index (Phi) is 3.85. The third-order valence-corrected chi connectivity index (χ3v) is 4.89. The number of imidazole rings is 1. The van der Waals surface area contributed by atoms with E-state index in [9.17, 15) is 4.79 Å². The van der Waals surface area contributed by atoms with E-state index in [4.69, 9.17) is 0 Å². The van der Waals surface area contributed by atoms with Crippen LogP contribution >= 0.6 is 0 Å². The van der Waals surface area contributed by atoms with Gasteiger partial charge in [-0.15, -0.1) is 6.58 Å². The highest BCUT2D eigenvalue weighted by Gasteiger charge is 2.48. The number of rotatable bonds is 4. The Bertz CT molecular complexity index is 538. The first kappa shape index (κ1) is 14.3. The predicted octanol–water partition coefficient (Wildman–Crippen LogP) is 1.42. The SMILES string of the molecule is C=CCN1CC[C@@]2(CCCN(Cc3nccn3C)C2)C1=O. The van der Waals surface area contributed by atoms with Crippen molar-refractivity contribution >= 4 is 5.91 Å². The molecule has 1 spiro atoms. The number of hydrogen-bond acceptors (Lipinski definition) is 3. The Morgan fingerprint density at radius 2 is 2.29 bits per heavy atom. The largest absolute Gasteiger partial charge is 0.338 e. The summed E-state index contributed by atoms with van der Waals surface area (Å²) in [5.74, 6) is 1.40. The molecule has 1 aromatic rings. The Balaban J connectivity index is 1.70. The summed E-state index contributed by atoms with van der Waals surface area (Å²) < 4.78 is 2.06. The maximum Gasteiger partial charge on any atom is 0.230 e. The molecule has 0 saturated carbocycles. The zero-order valence-electron chi connectivity index (χ0n) is 12.8. The zero-order valence-corrected chi connectivity index (χ0v) is 12.8. The van der Waals surface area contributed by atoms with Gasteiger partial charge in [-0.05, 0) is 25.8 Å². The van der Waals surface area contributed by atoms with E-state index in [2.05, 4.69) is 21.0 Å². The molecule has 21 heavy (non-hydrogen) atoms. The highest BCUT2D eigenvalue weighted by atomic mass is 16.2. The lowest BCUT2D eigenvalue weighted by atomic mass is 9.78. The number of hydrogen-bond donors (Lipinski definition) is 0. The number of carbonyl (C=O) groups excluding carboxylic acids is 1.